The molecule has 1 aromatic heterocycles. The molecule has 6 nitrogen and oxygen atoms in total. The van der Waals surface area contributed by atoms with Gasteiger partial charge in [0.2, 0.25) is 0 Å². The Morgan fingerprint density at radius 1 is 1.23 bits per heavy atom. The Kier molecular flexibility index (Phi) is 4.16. The fourth-order valence-corrected chi connectivity index (χ4v) is 3.60. The van der Waals surface area contributed by atoms with Crippen LogP contribution in [0.2, 0.25) is 0 Å². The van der Waals surface area contributed by atoms with Crippen molar-refractivity contribution in [3.05, 3.63) is 59.9 Å². The normalized spacial score (nSPS) is 16.8. The number of hydrogen-bond acceptors (Lipinski definition) is 5. The maximum atomic E-state index is 12.9. The third-order valence-electron chi connectivity index (χ3n) is 4.97. The summed E-state index contributed by atoms with van der Waals surface area (Å²) < 4.78 is 5.47. The molecule has 132 valence electrons. The molecule has 2 N–H and O–H groups in total. The van der Waals surface area contributed by atoms with Crippen LogP contribution in [0, 0.1) is 0 Å². The largest absolute Gasteiger partial charge is 0.496 e. The number of nitrogen functional groups attached to an aromatic ring is 1. The highest BCUT2D eigenvalue weighted by Crippen LogP contribution is 2.34. The van der Waals surface area contributed by atoms with Gasteiger partial charge in [-0.15, -0.1) is 0 Å². The second kappa shape index (κ2) is 6.63. The van der Waals surface area contributed by atoms with E-state index < -0.39 is 0 Å². The Morgan fingerprint density at radius 3 is 2.92 bits per heavy atom. The smallest absolute Gasteiger partial charge is 0.253 e. The van der Waals surface area contributed by atoms with Crippen molar-refractivity contribution >= 4 is 22.6 Å². The van der Waals surface area contributed by atoms with Gasteiger partial charge in [0.1, 0.15) is 17.9 Å². The van der Waals surface area contributed by atoms with E-state index in [2.05, 4.69) is 16.0 Å². The number of carbonyl (C=O) groups excluding carboxylic acids is 1. The summed E-state index contributed by atoms with van der Waals surface area (Å²) in [6.07, 6.45) is 2.34. The first-order chi connectivity index (χ1) is 12.7. The third kappa shape index (κ3) is 2.83. The monoisotopic (exact) mass is 348 g/mol. The van der Waals surface area contributed by atoms with Crippen LogP contribution >= 0.6 is 0 Å². The number of nitrogens with two attached hydrogens (primary N) is 1. The van der Waals surface area contributed by atoms with Crippen LogP contribution < -0.4 is 10.5 Å². The number of nitrogens with zero attached hydrogens (tertiary/aromatic N) is 3. The van der Waals surface area contributed by atoms with Crippen molar-refractivity contribution < 1.29 is 9.53 Å². The summed E-state index contributed by atoms with van der Waals surface area (Å²) in [5, 5.41) is 0.761. The topological polar surface area (TPSA) is 81.3 Å². The Hall–Kier alpha value is -3.15. The van der Waals surface area contributed by atoms with Crippen LogP contribution in [0.4, 0.5) is 5.82 Å². The molecule has 2 aromatic carbocycles. The summed E-state index contributed by atoms with van der Waals surface area (Å²) >= 11 is 0. The van der Waals surface area contributed by atoms with E-state index in [0.717, 1.165) is 29.7 Å². The van der Waals surface area contributed by atoms with Crippen molar-refractivity contribution in [2.24, 2.45) is 0 Å². The minimum Gasteiger partial charge on any atom is -0.496 e. The molecule has 0 spiro atoms. The maximum absolute atomic E-state index is 12.9. The van der Waals surface area contributed by atoms with Gasteiger partial charge in [-0.1, -0.05) is 18.2 Å². The number of hydrogen-bond donors (Lipinski definition) is 1. The molecule has 0 radical (unpaired) electrons. The quantitative estimate of drug-likeness (QED) is 0.787. The van der Waals surface area contributed by atoms with Crippen LogP contribution in [0.15, 0.2) is 48.8 Å². The van der Waals surface area contributed by atoms with Crippen molar-refractivity contribution in [2.75, 3.05) is 25.9 Å². The van der Waals surface area contributed by atoms with Gasteiger partial charge in [0.25, 0.3) is 5.91 Å². The summed E-state index contributed by atoms with van der Waals surface area (Å²) in [5.74, 6) is 1.60. The average molecular weight is 348 g/mol. The summed E-state index contributed by atoms with van der Waals surface area (Å²) in [5.41, 5.74) is 8.32. The van der Waals surface area contributed by atoms with Crippen molar-refractivity contribution in [2.45, 2.75) is 12.3 Å². The van der Waals surface area contributed by atoms with Crippen molar-refractivity contribution in [3.8, 4) is 5.75 Å². The fraction of sp³-hybridized carbons (Fsp3) is 0.250. The van der Waals surface area contributed by atoms with Gasteiger partial charge >= 0.3 is 0 Å². The standard InChI is InChI=1S/C20H20N4O2/c1-26-18-5-3-2-4-15(18)14-8-9-24(11-14)20(25)13-6-7-16-17(10-13)22-12-23-19(16)21/h2-7,10,12,14H,8-9,11H2,1H3,(H2,21,22,23). The molecule has 1 aliphatic rings. The molecule has 1 fully saturated rings. The first kappa shape index (κ1) is 16.3. The number of carbonyl (C=O) groups is 1. The van der Waals surface area contributed by atoms with Gasteiger partial charge in [0.15, 0.2) is 0 Å². The zero-order valence-electron chi connectivity index (χ0n) is 14.6. The number of amides is 1. The Morgan fingerprint density at radius 2 is 2.08 bits per heavy atom. The lowest BCUT2D eigenvalue weighted by Crippen LogP contribution is -2.28. The molecule has 0 saturated carbocycles. The zero-order chi connectivity index (χ0) is 18.1. The summed E-state index contributed by atoms with van der Waals surface area (Å²) in [6, 6.07) is 13.4. The molecule has 3 aromatic rings. The van der Waals surface area contributed by atoms with Crippen LogP contribution in [-0.2, 0) is 0 Å². The minimum atomic E-state index is 0.0153. The number of methoxy groups -OCH3 is 1. The number of rotatable bonds is 3. The van der Waals surface area contributed by atoms with Gasteiger partial charge in [0.05, 0.1) is 12.6 Å². The molecule has 0 aliphatic carbocycles. The second-order valence-corrected chi connectivity index (χ2v) is 6.47. The van der Waals surface area contributed by atoms with Gasteiger partial charge in [-0.05, 0) is 36.2 Å². The lowest BCUT2D eigenvalue weighted by atomic mass is 9.97. The lowest BCUT2D eigenvalue weighted by molar-refractivity contribution is 0.0791. The van der Waals surface area contributed by atoms with Crippen LogP contribution in [-0.4, -0.2) is 41.0 Å². The Bertz CT molecular complexity index is 973. The number of likely N-dealkylation sites (tertiary alicyclic amines) is 1. The van der Waals surface area contributed by atoms with E-state index >= 15 is 0 Å². The van der Waals surface area contributed by atoms with Gasteiger partial charge < -0.3 is 15.4 Å². The van der Waals surface area contributed by atoms with E-state index in [-0.39, 0.29) is 11.8 Å². The summed E-state index contributed by atoms with van der Waals surface area (Å²) in [7, 11) is 1.68. The van der Waals surface area contributed by atoms with E-state index in [1.54, 1.807) is 19.2 Å². The highest BCUT2D eigenvalue weighted by atomic mass is 16.5. The summed E-state index contributed by atoms with van der Waals surface area (Å²) in [6.45, 7) is 1.41. The predicted molar refractivity (Wildman–Crippen MR) is 100 cm³/mol. The Labute approximate surface area is 151 Å². The molecule has 1 amide bonds. The van der Waals surface area contributed by atoms with E-state index in [9.17, 15) is 4.79 Å². The van der Waals surface area contributed by atoms with Crippen LogP contribution in [0.1, 0.15) is 28.3 Å². The maximum Gasteiger partial charge on any atom is 0.253 e. The Balaban J connectivity index is 1.56. The SMILES string of the molecule is COc1ccccc1C1CCN(C(=O)c2ccc3c(N)ncnc3c2)C1. The first-order valence-electron chi connectivity index (χ1n) is 8.60. The molecule has 2 heterocycles. The molecule has 26 heavy (non-hydrogen) atoms. The lowest BCUT2D eigenvalue weighted by Gasteiger charge is -2.18. The third-order valence-corrected chi connectivity index (χ3v) is 4.97. The first-order valence-corrected chi connectivity index (χ1v) is 8.60. The van der Waals surface area contributed by atoms with Crippen molar-refractivity contribution in [1.29, 1.82) is 0 Å². The zero-order valence-corrected chi connectivity index (χ0v) is 14.6. The fourth-order valence-electron chi connectivity index (χ4n) is 3.60. The molecular weight excluding hydrogens is 328 g/mol. The van der Waals surface area contributed by atoms with Gasteiger partial charge in [-0.25, -0.2) is 9.97 Å². The van der Waals surface area contributed by atoms with Gasteiger partial charge in [-0.3, -0.25) is 4.79 Å². The van der Waals surface area contributed by atoms with E-state index in [1.165, 1.54) is 6.33 Å². The van der Waals surface area contributed by atoms with E-state index in [1.807, 2.05) is 29.2 Å². The van der Waals surface area contributed by atoms with Crippen LogP contribution in [0.25, 0.3) is 10.9 Å². The minimum absolute atomic E-state index is 0.0153. The van der Waals surface area contributed by atoms with Crippen LogP contribution in [0.5, 0.6) is 5.75 Å². The number of aromatic nitrogens is 2. The molecule has 1 aliphatic heterocycles. The number of benzene rings is 2. The van der Waals surface area contributed by atoms with Crippen molar-refractivity contribution in [3.63, 3.8) is 0 Å². The van der Waals surface area contributed by atoms with Gasteiger partial charge in [-0.2, -0.15) is 0 Å². The molecule has 1 unspecified atom stereocenters. The number of fused-ring (bicyclic) bond motifs is 1. The average Bonchev–Trinajstić information content (AvgIpc) is 3.17. The molecule has 1 atom stereocenters. The predicted octanol–water partition coefficient (Wildman–Crippen LogP) is 2.85. The number of ether oxygens (including phenoxy) is 1. The summed E-state index contributed by atoms with van der Waals surface area (Å²) in [4.78, 5) is 23.0. The van der Waals surface area contributed by atoms with Gasteiger partial charge in [0, 0.05) is 30.0 Å². The number of para-hydroxylation sites is 1. The number of anilines is 1. The molecule has 6 heteroatoms. The highest BCUT2D eigenvalue weighted by molar-refractivity contribution is 5.99. The molecule has 4 rings (SSSR count). The van der Waals surface area contributed by atoms with E-state index in [4.69, 9.17) is 10.5 Å². The van der Waals surface area contributed by atoms with Crippen LogP contribution in [0.3, 0.4) is 0 Å². The van der Waals surface area contributed by atoms with E-state index in [0.29, 0.717) is 23.4 Å². The highest BCUT2D eigenvalue weighted by Gasteiger charge is 2.29. The van der Waals surface area contributed by atoms with Crippen molar-refractivity contribution in [1.82, 2.24) is 14.9 Å². The molecular formula is C20H20N4O2. The second-order valence-electron chi connectivity index (χ2n) is 6.47. The molecule has 1 saturated heterocycles. The molecule has 0 bridgehead atoms.